The van der Waals surface area contributed by atoms with Crippen molar-refractivity contribution in [2.45, 2.75) is 38.8 Å². The van der Waals surface area contributed by atoms with E-state index in [-0.39, 0.29) is 30.8 Å². The van der Waals surface area contributed by atoms with Gasteiger partial charge in [0.25, 0.3) is 0 Å². The monoisotopic (exact) mass is 298 g/mol. The zero-order chi connectivity index (χ0) is 15.4. The number of urea groups is 1. The first-order chi connectivity index (χ1) is 10.0. The molecular formula is C15H20F2N2O2. The molecule has 0 fully saturated rings. The second-order valence-electron chi connectivity index (χ2n) is 5.37. The Balaban J connectivity index is 2.01. The molecule has 1 unspecified atom stereocenters. The largest absolute Gasteiger partial charge is 0.396 e. The molecule has 0 aromatic heterocycles. The van der Waals surface area contributed by atoms with E-state index >= 15 is 0 Å². The third kappa shape index (κ3) is 3.69. The number of aliphatic hydroxyl groups is 1. The van der Waals surface area contributed by atoms with Crippen LogP contribution in [0.4, 0.5) is 13.6 Å². The van der Waals surface area contributed by atoms with Crippen LogP contribution in [0.2, 0.25) is 0 Å². The van der Waals surface area contributed by atoms with Gasteiger partial charge < -0.3 is 15.3 Å². The van der Waals surface area contributed by atoms with Crippen molar-refractivity contribution >= 4 is 6.03 Å². The standard InChI is InChI=1S/C15H20F2N2O2/c1-10(3-2-8-20)18-15(21)19-7-6-11-12(9-19)14(17)5-4-13(11)16/h4-5,10,20H,2-3,6-9H2,1H3,(H,18,21). The highest BCUT2D eigenvalue weighted by molar-refractivity contribution is 5.74. The molecule has 21 heavy (non-hydrogen) atoms. The van der Waals surface area contributed by atoms with E-state index < -0.39 is 11.6 Å². The predicted octanol–water partition coefficient (Wildman–Crippen LogP) is 2.19. The number of benzene rings is 1. The Morgan fingerprint density at radius 1 is 1.38 bits per heavy atom. The Bertz CT molecular complexity index is 523. The van der Waals surface area contributed by atoms with Gasteiger partial charge in [0.15, 0.2) is 0 Å². The van der Waals surface area contributed by atoms with Gasteiger partial charge in [-0.05, 0) is 43.9 Å². The van der Waals surface area contributed by atoms with Crippen molar-refractivity contribution in [1.29, 1.82) is 0 Å². The third-order valence-corrected chi connectivity index (χ3v) is 3.75. The molecule has 0 aliphatic carbocycles. The number of hydrogen-bond donors (Lipinski definition) is 2. The first kappa shape index (κ1) is 15.7. The van der Waals surface area contributed by atoms with Crippen LogP contribution >= 0.6 is 0 Å². The molecular weight excluding hydrogens is 278 g/mol. The minimum absolute atomic E-state index is 0.0663. The fourth-order valence-corrected chi connectivity index (χ4v) is 2.54. The van der Waals surface area contributed by atoms with Crippen LogP contribution in [0.3, 0.4) is 0 Å². The van der Waals surface area contributed by atoms with Gasteiger partial charge in [-0.1, -0.05) is 0 Å². The normalized spacial score (nSPS) is 15.5. The van der Waals surface area contributed by atoms with Crippen LogP contribution in [-0.2, 0) is 13.0 Å². The quantitative estimate of drug-likeness (QED) is 0.895. The van der Waals surface area contributed by atoms with Crippen molar-refractivity contribution < 1.29 is 18.7 Å². The molecule has 1 aromatic carbocycles. The van der Waals surface area contributed by atoms with Crippen LogP contribution in [0.15, 0.2) is 12.1 Å². The fraction of sp³-hybridized carbons (Fsp3) is 0.533. The Morgan fingerprint density at radius 2 is 2.05 bits per heavy atom. The molecule has 4 nitrogen and oxygen atoms in total. The van der Waals surface area contributed by atoms with Crippen LogP contribution in [0.1, 0.15) is 30.9 Å². The van der Waals surface area contributed by atoms with Gasteiger partial charge in [-0.2, -0.15) is 0 Å². The number of fused-ring (bicyclic) bond motifs is 1. The lowest BCUT2D eigenvalue weighted by Crippen LogP contribution is -2.46. The molecule has 1 aliphatic heterocycles. The zero-order valence-electron chi connectivity index (χ0n) is 12.0. The molecule has 2 N–H and O–H groups in total. The molecule has 6 heteroatoms. The Labute approximate surface area is 122 Å². The van der Waals surface area contributed by atoms with Gasteiger partial charge in [0.2, 0.25) is 0 Å². The molecule has 1 aromatic rings. The van der Waals surface area contributed by atoms with Crippen molar-refractivity contribution in [2.24, 2.45) is 0 Å². The van der Waals surface area contributed by atoms with Gasteiger partial charge in [0.1, 0.15) is 11.6 Å². The van der Waals surface area contributed by atoms with E-state index in [1.54, 1.807) is 0 Å². The number of aliphatic hydroxyl groups excluding tert-OH is 1. The Kier molecular flexibility index (Phi) is 5.12. The van der Waals surface area contributed by atoms with Gasteiger partial charge in [-0.25, -0.2) is 13.6 Å². The van der Waals surface area contributed by atoms with E-state index in [1.165, 1.54) is 4.90 Å². The van der Waals surface area contributed by atoms with E-state index in [0.29, 0.717) is 31.4 Å². The number of amides is 2. The highest BCUT2D eigenvalue weighted by Gasteiger charge is 2.25. The first-order valence-corrected chi connectivity index (χ1v) is 7.15. The number of carbonyl (C=O) groups is 1. The molecule has 0 radical (unpaired) electrons. The lowest BCUT2D eigenvalue weighted by molar-refractivity contribution is 0.185. The van der Waals surface area contributed by atoms with E-state index in [0.717, 1.165) is 12.1 Å². The van der Waals surface area contributed by atoms with Crippen molar-refractivity contribution in [2.75, 3.05) is 13.2 Å². The Hall–Kier alpha value is -1.69. The van der Waals surface area contributed by atoms with Crippen LogP contribution in [-0.4, -0.2) is 35.2 Å². The van der Waals surface area contributed by atoms with Crippen LogP contribution in [0.5, 0.6) is 0 Å². The zero-order valence-corrected chi connectivity index (χ0v) is 12.0. The minimum Gasteiger partial charge on any atom is -0.396 e. The molecule has 1 aliphatic rings. The SMILES string of the molecule is CC(CCCO)NC(=O)N1CCc2c(F)ccc(F)c2C1. The summed E-state index contributed by atoms with van der Waals surface area (Å²) in [6, 6.07) is 1.87. The maximum atomic E-state index is 13.8. The number of rotatable bonds is 4. The molecule has 2 rings (SSSR count). The fourth-order valence-electron chi connectivity index (χ4n) is 2.54. The molecule has 1 atom stereocenters. The predicted molar refractivity (Wildman–Crippen MR) is 74.8 cm³/mol. The smallest absolute Gasteiger partial charge is 0.317 e. The van der Waals surface area contributed by atoms with Crippen LogP contribution < -0.4 is 5.32 Å². The molecule has 1 heterocycles. The second kappa shape index (κ2) is 6.85. The van der Waals surface area contributed by atoms with E-state index in [9.17, 15) is 13.6 Å². The highest BCUT2D eigenvalue weighted by Crippen LogP contribution is 2.24. The molecule has 116 valence electrons. The molecule has 0 saturated heterocycles. The Morgan fingerprint density at radius 3 is 2.71 bits per heavy atom. The maximum Gasteiger partial charge on any atom is 0.317 e. The average molecular weight is 298 g/mol. The molecule has 2 amide bonds. The van der Waals surface area contributed by atoms with Crippen LogP contribution in [0.25, 0.3) is 0 Å². The summed E-state index contributed by atoms with van der Waals surface area (Å²) in [6.07, 6.45) is 1.61. The summed E-state index contributed by atoms with van der Waals surface area (Å²) in [5.41, 5.74) is 0.631. The third-order valence-electron chi connectivity index (χ3n) is 3.75. The first-order valence-electron chi connectivity index (χ1n) is 7.15. The number of halogens is 2. The van der Waals surface area contributed by atoms with Crippen molar-refractivity contribution in [1.82, 2.24) is 10.2 Å². The molecule has 0 spiro atoms. The summed E-state index contributed by atoms with van der Waals surface area (Å²) in [7, 11) is 0. The second-order valence-corrected chi connectivity index (χ2v) is 5.37. The number of nitrogens with zero attached hydrogens (tertiary/aromatic N) is 1. The van der Waals surface area contributed by atoms with Gasteiger partial charge in [-0.3, -0.25) is 0 Å². The number of nitrogens with one attached hydrogen (secondary N) is 1. The van der Waals surface area contributed by atoms with Crippen LogP contribution in [0, 0.1) is 11.6 Å². The maximum absolute atomic E-state index is 13.8. The van der Waals surface area contributed by atoms with Gasteiger partial charge in [0.05, 0.1) is 6.54 Å². The summed E-state index contributed by atoms with van der Waals surface area (Å²) in [6.45, 7) is 2.39. The number of hydrogen-bond acceptors (Lipinski definition) is 2. The minimum atomic E-state index is -0.475. The number of carbonyl (C=O) groups excluding carboxylic acids is 1. The van der Waals surface area contributed by atoms with E-state index in [1.807, 2.05) is 6.92 Å². The van der Waals surface area contributed by atoms with E-state index in [2.05, 4.69) is 5.32 Å². The van der Waals surface area contributed by atoms with Gasteiger partial charge in [0, 0.05) is 24.8 Å². The van der Waals surface area contributed by atoms with Crippen molar-refractivity contribution in [3.05, 3.63) is 34.9 Å². The lowest BCUT2D eigenvalue weighted by atomic mass is 9.99. The highest BCUT2D eigenvalue weighted by atomic mass is 19.1. The summed E-state index contributed by atoms with van der Waals surface area (Å²) in [5.74, 6) is -0.889. The summed E-state index contributed by atoms with van der Waals surface area (Å²) >= 11 is 0. The topological polar surface area (TPSA) is 52.6 Å². The molecule has 0 bridgehead atoms. The molecule has 0 saturated carbocycles. The van der Waals surface area contributed by atoms with E-state index in [4.69, 9.17) is 5.11 Å². The summed E-state index contributed by atoms with van der Waals surface area (Å²) < 4.78 is 27.4. The van der Waals surface area contributed by atoms with Crippen molar-refractivity contribution in [3.8, 4) is 0 Å². The average Bonchev–Trinajstić information content (AvgIpc) is 2.48. The van der Waals surface area contributed by atoms with Gasteiger partial charge >= 0.3 is 6.03 Å². The summed E-state index contributed by atoms with van der Waals surface area (Å²) in [5, 5.41) is 11.6. The summed E-state index contributed by atoms with van der Waals surface area (Å²) in [4.78, 5) is 13.6. The lowest BCUT2D eigenvalue weighted by Gasteiger charge is -2.30. The van der Waals surface area contributed by atoms with Gasteiger partial charge in [-0.15, -0.1) is 0 Å². The van der Waals surface area contributed by atoms with Crippen molar-refractivity contribution in [3.63, 3.8) is 0 Å².